The average molecular weight is 152 g/mol. The van der Waals surface area contributed by atoms with E-state index in [2.05, 4.69) is 13.2 Å². The number of carbonyl (C=O) groups excluding carboxylic acids is 1. The monoisotopic (exact) mass is 152 g/mol. The minimum atomic E-state index is -0.236. The van der Waals surface area contributed by atoms with Crippen LogP contribution in [0.25, 0.3) is 0 Å². The summed E-state index contributed by atoms with van der Waals surface area (Å²) in [6.07, 6.45) is 1.41. The van der Waals surface area contributed by atoms with Crippen LogP contribution in [0.4, 0.5) is 0 Å². The highest BCUT2D eigenvalue weighted by Gasteiger charge is 2.04. The Morgan fingerprint density at radius 1 is 1.36 bits per heavy atom. The quantitative estimate of drug-likeness (QED) is 0.382. The normalized spacial score (nSPS) is 10.9. The molecule has 11 heavy (non-hydrogen) atoms. The zero-order valence-corrected chi connectivity index (χ0v) is 6.85. The summed E-state index contributed by atoms with van der Waals surface area (Å²) < 4.78 is 0. The van der Waals surface area contributed by atoms with Crippen molar-refractivity contribution in [2.24, 2.45) is 0 Å². The van der Waals surface area contributed by atoms with Gasteiger partial charge in [0.05, 0.1) is 5.57 Å². The first-order chi connectivity index (χ1) is 4.95. The van der Waals surface area contributed by atoms with Crippen LogP contribution < -0.4 is 0 Å². The summed E-state index contributed by atoms with van der Waals surface area (Å²) in [6, 6.07) is 0. The van der Waals surface area contributed by atoms with Crippen molar-refractivity contribution < 1.29 is 9.90 Å². The van der Waals surface area contributed by atoms with E-state index in [0.717, 1.165) is 0 Å². The van der Waals surface area contributed by atoms with Crippen LogP contribution in [-0.2, 0) is 4.79 Å². The number of allylic oxidation sites excluding steroid dienone is 3. The lowest BCUT2D eigenvalue weighted by Crippen LogP contribution is -1.97. The molecule has 0 spiro atoms. The number of hydrogen-bond acceptors (Lipinski definition) is 2. The Morgan fingerprint density at radius 3 is 2.09 bits per heavy atom. The maximum Gasteiger partial charge on any atom is 0.162 e. The predicted octanol–water partition coefficient (Wildman–Crippen LogP) is 2.15. The van der Waals surface area contributed by atoms with Gasteiger partial charge in [-0.2, -0.15) is 0 Å². The Balaban J connectivity index is 4.49. The molecule has 0 aromatic heterocycles. The molecule has 0 amide bonds. The Labute approximate surface area is 66.5 Å². The topological polar surface area (TPSA) is 37.3 Å². The molecule has 0 atom stereocenters. The second kappa shape index (κ2) is 3.76. The summed E-state index contributed by atoms with van der Waals surface area (Å²) in [4.78, 5) is 10.6. The van der Waals surface area contributed by atoms with Gasteiger partial charge in [-0.05, 0) is 19.9 Å². The van der Waals surface area contributed by atoms with Crippen LogP contribution >= 0.6 is 0 Å². The van der Waals surface area contributed by atoms with E-state index in [9.17, 15) is 4.79 Å². The predicted molar refractivity (Wildman–Crippen MR) is 45.3 cm³/mol. The van der Waals surface area contributed by atoms with Crippen molar-refractivity contribution in [3.05, 3.63) is 36.1 Å². The van der Waals surface area contributed by atoms with Crippen LogP contribution in [0.15, 0.2) is 36.1 Å². The maximum atomic E-state index is 10.6. The van der Waals surface area contributed by atoms with E-state index in [4.69, 9.17) is 5.11 Å². The standard InChI is InChI=1S/C9H12O2/c1-6(2)5-9(11)7(3)8(4)10/h5,11H,1,3H2,2,4H3/b9-5+. The van der Waals surface area contributed by atoms with Gasteiger partial charge in [0.1, 0.15) is 5.76 Å². The first kappa shape index (κ1) is 9.69. The third kappa shape index (κ3) is 3.40. The van der Waals surface area contributed by atoms with Gasteiger partial charge in [0.25, 0.3) is 0 Å². The number of carbonyl (C=O) groups is 1. The largest absolute Gasteiger partial charge is 0.507 e. The van der Waals surface area contributed by atoms with E-state index in [0.29, 0.717) is 5.57 Å². The molecule has 60 valence electrons. The van der Waals surface area contributed by atoms with E-state index in [1.54, 1.807) is 6.92 Å². The zero-order chi connectivity index (χ0) is 9.02. The van der Waals surface area contributed by atoms with Crippen LogP contribution in [0.2, 0.25) is 0 Å². The summed E-state index contributed by atoms with van der Waals surface area (Å²) in [7, 11) is 0. The zero-order valence-electron chi connectivity index (χ0n) is 6.85. The van der Waals surface area contributed by atoms with E-state index >= 15 is 0 Å². The minimum Gasteiger partial charge on any atom is -0.507 e. The molecule has 0 bridgehead atoms. The first-order valence-corrected chi connectivity index (χ1v) is 3.21. The van der Waals surface area contributed by atoms with Crippen LogP contribution in [0, 0.1) is 0 Å². The van der Waals surface area contributed by atoms with Crippen molar-refractivity contribution >= 4 is 5.78 Å². The molecule has 0 aliphatic heterocycles. The third-order valence-electron chi connectivity index (χ3n) is 1.12. The lowest BCUT2D eigenvalue weighted by molar-refractivity contribution is -0.113. The van der Waals surface area contributed by atoms with Crippen molar-refractivity contribution in [2.45, 2.75) is 13.8 Å². The SMILES string of the molecule is C=C(C)/C=C(/O)C(=C)C(C)=O. The Bertz CT molecular complexity index is 234. The smallest absolute Gasteiger partial charge is 0.162 e. The summed E-state index contributed by atoms with van der Waals surface area (Å²) in [5.41, 5.74) is 0.804. The molecule has 0 aromatic carbocycles. The van der Waals surface area contributed by atoms with Gasteiger partial charge in [-0.25, -0.2) is 0 Å². The van der Waals surface area contributed by atoms with E-state index < -0.39 is 0 Å². The van der Waals surface area contributed by atoms with Crippen LogP contribution in [0.3, 0.4) is 0 Å². The van der Waals surface area contributed by atoms with Crippen LogP contribution in [0.1, 0.15) is 13.8 Å². The molecule has 0 aliphatic carbocycles. The second-order valence-corrected chi connectivity index (χ2v) is 2.41. The van der Waals surface area contributed by atoms with Crippen molar-refractivity contribution in [3.8, 4) is 0 Å². The summed E-state index contributed by atoms with van der Waals surface area (Å²) >= 11 is 0. The highest BCUT2D eigenvalue weighted by molar-refractivity contribution is 5.96. The Kier molecular flexibility index (Phi) is 3.31. The van der Waals surface area contributed by atoms with Gasteiger partial charge in [0.2, 0.25) is 0 Å². The molecule has 0 unspecified atom stereocenters. The number of Topliss-reactive ketones (excluding diaryl/α,β-unsaturated/α-hetero) is 1. The number of rotatable bonds is 3. The molecule has 0 fully saturated rings. The Morgan fingerprint density at radius 2 is 1.82 bits per heavy atom. The van der Waals surface area contributed by atoms with Gasteiger partial charge in [-0.3, -0.25) is 4.79 Å². The van der Waals surface area contributed by atoms with Crippen molar-refractivity contribution in [1.29, 1.82) is 0 Å². The van der Waals surface area contributed by atoms with Crippen molar-refractivity contribution in [1.82, 2.24) is 0 Å². The fourth-order valence-corrected chi connectivity index (χ4v) is 0.501. The summed E-state index contributed by atoms with van der Waals surface area (Å²) in [5.74, 6) is -0.343. The molecule has 0 rings (SSSR count). The molecule has 1 N–H and O–H groups in total. The van der Waals surface area contributed by atoms with Gasteiger partial charge in [0, 0.05) is 0 Å². The number of ketones is 1. The molecule has 2 heteroatoms. The van der Waals surface area contributed by atoms with E-state index in [1.807, 2.05) is 0 Å². The van der Waals surface area contributed by atoms with Crippen molar-refractivity contribution in [2.75, 3.05) is 0 Å². The number of aliphatic hydroxyl groups is 1. The first-order valence-electron chi connectivity index (χ1n) is 3.21. The second-order valence-electron chi connectivity index (χ2n) is 2.41. The molecule has 0 heterocycles. The summed E-state index contributed by atoms with van der Waals surface area (Å²) in [5, 5.41) is 9.14. The molecule has 0 saturated carbocycles. The molecule has 0 aliphatic rings. The number of aliphatic hydroxyl groups excluding tert-OH is 1. The average Bonchev–Trinajstić information content (AvgIpc) is 1.84. The molecule has 0 saturated heterocycles. The lowest BCUT2D eigenvalue weighted by atomic mass is 10.1. The van der Waals surface area contributed by atoms with Crippen LogP contribution in [0.5, 0.6) is 0 Å². The van der Waals surface area contributed by atoms with Gasteiger partial charge in [-0.1, -0.05) is 18.7 Å². The van der Waals surface area contributed by atoms with E-state index in [-0.39, 0.29) is 17.1 Å². The fraction of sp³-hybridized carbons (Fsp3) is 0.222. The molecule has 0 aromatic rings. The molecule has 0 radical (unpaired) electrons. The van der Waals surface area contributed by atoms with Gasteiger partial charge < -0.3 is 5.11 Å². The van der Waals surface area contributed by atoms with Gasteiger partial charge in [0.15, 0.2) is 5.78 Å². The highest BCUT2D eigenvalue weighted by Crippen LogP contribution is 2.07. The Hall–Kier alpha value is -1.31. The third-order valence-corrected chi connectivity index (χ3v) is 1.12. The fourth-order valence-electron chi connectivity index (χ4n) is 0.501. The summed E-state index contributed by atoms with van der Waals surface area (Å²) in [6.45, 7) is 10.0. The number of hydrogen-bond donors (Lipinski definition) is 1. The van der Waals surface area contributed by atoms with E-state index in [1.165, 1.54) is 13.0 Å². The molecular weight excluding hydrogens is 140 g/mol. The maximum absolute atomic E-state index is 10.6. The molecular formula is C9H12O2. The van der Waals surface area contributed by atoms with Crippen molar-refractivity contribution in [3.63, 3.8) is 0 Å². The lowest BCUT2D eigenvalue weighted by Gasteiger charge is -1.98. The van der Waals surface area contributed by atoms with Crippen LogP contribution in [-0.4, -0.2) is 10.9 Å². The molecule has 2 nitrogen and oxygen atoms in total. The highest BCUT2D eigenvalue weighted by atomic mass is 16.3. The van der Waals surface area contributed by atoms with Gasteiger partial charge >= 0.3 is 0 Å². The minimum absolute atomic E-state index is 0.106. The van der Waals surface area contributed by atoms with Gasteiger partial charge in [-0.15, -0.1) is 0 Å².